The van der Waals surface area contributed by atoms with Crippen LogP contribution in [-0.2, 0) is 45.9 Å². The normalized spacial score (nSPS) is 11.7. The summed E-state index contributed by atoms with van der Waals surface area (Å²) in [6.07, 6.45) is 12.8. The fourth-order valence-corrected chi connectivity index (χ4v) is 6.51. The summed E-state index contributed by atoms with van der Waals surface area (Å²) >= 11 is 0. The maximum absolute atomic E-state index is 11.2. The van der Waals surface area contributed by atoms with Crippen molar-refractivity contribution in [1.82, 2.24) is 0 Å². The minimum absolute atomic E-state index is 0. The Morgan fingerprint density at radius 3 is 1.13 bits per heavy atom. The van der Waals surface area contributed by atoms with Crippen molar-refractivity contribution in [2.75, 3.05) is 0 Å². The van der Waals surface area contributed by atoms with Crippen LogP contribution < -0.4 is 0 Å². The van der Waals surface area contributed by atoms with Gasteiger partial charge in [-0.25, -0.2) is 16.8 Å². The molecule has 0 aliphatic rings. The number of benzene rings is 4. The topological polar surface area (TPSA) is 114 Å². The first-order valence-electron chi connectivity index (χ1n) is 15.9. The summed E-state index contributed by atoms with van der Waals surface area (Å²) in [4.78, 5) is -0.289. The first-order valence-corrected chi connectivity index (χ1v) is 18.8. The van der Waals surface area contributed by atoms with Crippen LogP contribution in [0, 0.1) is 0 Å². The van der Waals surface area contributed by atoms with E-state index in [2.05, 4.69) is 39.8 Å². The molecule has 0 saturated carbocycles. The van der Waals surface area contributed by atoms with Gasteiger partial charge in [0.05, 0.1) is 9.79 Å². The van der Waals surface area contributed by atoms with Crippen LogP contribution in [0.5, 0.6) is 0 Å². The Morgan fingerprint density at radius 1 is 0.489 bits per heavy atom. The molecule has 0 aliphatic heterocycles. The summed E-state index contributed by atoms with van der Waals surface area (Å²) in [6.45, 7) is 8.62. The first-order chi connectivity index (χ1) is 20.9. The Balaban J connectivity index is 0.000000307. The molecule has 45 heavy (non-hydrogen) atoms. The fourth-order valence-electron chi connectivity index (χ4n) is 5.50. The molecule has 4 aromatic rings. The number of unbranched alkanes of at least 4 members (excludes halogenated alkanes) is 4. The summed E-state index contributed by atoms with van der Waals surface area (Å²) in [6, 6.07) is 17.9. The number of rotatable bonds is 14. The quantitative estimate of drug-likeness (QED) is 0.0976. The van der Waals surface area contributed by atoms with Gasteiger partial charge >= 0.3 is 37.7 Å². The molecular weight excluding hydrogens is 633 g/mol. The molecule has 4 aromatic carbocycles. The maximum atomic E-state index is 11.2. The molecule has 9 heteroatoms. The second kappa shape index (κ2) is 18.7. The third-order valence-corrected chi connectivity index (χ3v) is 9.62. The van der Waals surface area contributed by atoms with E-state index in [9.17, 15) is 25.9 Å². The predicted molar refractivity (Wildman–Crippen MR) is 184 cm³/mol. The van der Waals surface area contributed by atoms with Gasteiger partial charge in [-0.2, -0.15) is 0 Å². The zero-order valence-corrected chi connectivity index (χ0v) is 31.1. The van der Waals surface area contributed by atoms with Crippen LogP contribution in [0.4, 0.5) is 0 Å². The molecule has 6 nitrogen and oxygen atoms in total. The van der Waals surface area contributed by atoms with E-state index in [1.54, 1.807) is 12.1 Å². The summed E-state index contributed by atoms with van der Waals surface area (Å²) in [5, 5.41) is 3.83. The largest absolute Gasteiger partial charge is 2.00 e. The molecule has 0 bridgehead atoms. The molecule has 0 amide bonds. The van der Waals surface area contributed by atoms with Gasteiger partial charge in [0, 0.05) is 0 Å². The standard InChI is InChI=1S/2C18H24O3S.Ca/c2*1-3-5-7-14-11-15(8-6-4-2)18-10-9-17(22(19,20)21)13-16(18)12-14;/h2*9-13H,3-8H2,1-2H3,(H,19,20,21);/q;;+2/p-2. The zero-order valence-electron chi connectivity index (χ0n) is 27.2. The van der Waals surface area contributed by atoms with Gasteiger partial charge in [-0.3, -0.25) is 0 Å². The minimum Gasteiger partial charge on any atom is -0.744 e. The molecule has 0 heterocycles. The van der Waals surface area contributed by atoms with E-state index in [4.69, 9.17) is 0 Å². The Labute approximate surface area is 300 Å². The van der Waals surface area contributed by atoms with Crippen molar-refractivity contribution < 1.29 is 25.9 Å². The summed E-state index contributed by atoms with van der Waals surface area (Å²) in [5.41, 5.74) is 4.95. The second-order valence-electron chi connectivity index (χ2n) is 11.6. The van der Waals surface area contributed by atoms with Gasteiger partial charge in [-0.15, -0.1) is 0 Å². The van der Waals surface area contributed by atoms with Crippen LogP contribution in [0.3, 0.4) is 0 Å². The third kappa shape index (κ3) is 11.9. The maximum Gasteiger partial charge on any atom is 2.00 e. The van der Waals surface area contributed by atoms with Crippen molar-refractivity contribution in [3.05, 3.63) is 82.9 Å². The van der Waals surface area contributed by atoms with Crippen LogP contribution in [0.2, 0.25) is 0 Å². The molecule has 0 fully saturated rings. The monoisotopic (exact) mass is 678 g/mol. The molecule has 0 saturated heterocycles. The molecule has 240 valence electrons. The van der Waals surface area contributed by atoms with E-state index in [-0.39, 0.29) is 47.5 Å². The van der Waals surface area contributed by atoms with Gasteiger partial charge in [-0.05, 0) is 119 Å². The van der Waals surface area contributed by atoms with E-state index in [1.165, 1.54) is 46.5 Å². The van der Waals surface area contributed by atoms with E-state index in [0.717, 1.165) is 98.6 Å². The van der Waals surface area contributed by atoms with Crippen molar-refractivity contribution in [3.63, 3.8) is 0 Å². The molecule has 0 N–H and O–H groups in total. The van der Waals surface area contributed by atoms with Crippen molar-refractivity contribution >= 4 is 79.5 Å². The van der Waals surface area contributed by atoms with Crippen molar-refractivity contribution in [3.8, 4) is 0 Å². The average molecular weight is 679 g/mol. The van der Waals surface area contributed by atoms with E-state index >= 15 is 0 Å². The number of hydrogen-bond acceptors (Lipinski definition) is 6. The molecular formula is C36H46CaO6S2. The van der Waals surface area contributed by atoms with Gasteiger partial charge in [0.2, 0.25) is 0 Å². The molecule has 0 aliphatic carbocycles. The van der Waals surface area contributed by atoms with Crippen LogP contribution in [0.1, 0.15) is 101 Å². The van der Waals surface area contributed by atoms with Crippen LogP contribution >= 0.6 is 0 Å². The second-order valence-corrected chi connectivity index (χ2v) is 14.4. The smallest absolute Gasteiger partial charge is 0.744 e. The molecule has 0 unspecified atom stereocenters. The zero-order chi connectivity index (χ0) is 32.3. The SMILES string of the molecule is CCCCc1cc(CCCC)c2ccc(S(=O)(=O)[O-])cc2c1.CCCCc1cc(CCCC)c2ccc(S(=O)(=O)[O-])cc2c1.[Ca+2]. The average Bonchev–Trinajstić information content (AvgIpc) is 2.99. The van der Waals surface area contributed by atoms with Crippen molar-refractivity contribution in [2.24, 2.45) is 0 Å². The molecule has 0 atom stereocenters. The van der Waals surface area contributed by atoms with E-state index in [1.807, 2.05) is 12.1 Å². The third-order valence-electron chi connectivity index (χ3n) is 7.95. The Kier molecular flexibility index (Phi) is 16.5. The summed E-state index contributed by atoms with van der Waals surface area (Å²) < 4.78 is 67.4. The number of fused-ring (bicyclic) bond motifs is 2. The molecule has 0 aromatic heterocycles. The minimum atomic E-state index is -4.40. The summed E-state index contributed by atoms with van der Waals surface area (Å²) in [5.74, 6) is 0. The van der Waals surface area contributed by atoms with Crippen LogP contribution in [0.15, 0.2) is 70.5 Å². The number of aryl methyl sites for hydroxylation is 4. The first kappa shape index (κ1) is 39.7. The van der Waals surface area contributed by atoms with Gasteiger partial charge in [0.15, 0.2) is 0 Å². The predicted octanol–water partition coefficient (Wildman–Crippen LogP) is 8.48. The van der Waals surface area contributed by atoms with Crippen molar-refractivity contribution in [1.29, 1.82) is 0 Å². The van der Waals surface area contributed by atoms with Gasteiger partial charge in [0.25, 0.3) is 0 Å². The van der Waals surface area contributed by atoms with Crippen molar-refractivity contribution in [2.45, 2.75) is 115 Å². The van der Waals surface area contributed by atoms with Gasteiger partial charge in [0.1, 0.15) is 20.2 Å². The molecule has 0 spiro atoms. The van der Waals surface area contributed by atoms with E-state index < -0.39 is 20.2 Å². The Morgan fingerprint density at radius 2 is 0.822 bits per heavy atom. The number of hydrogen-bond donors (Lipinski definition) is 0. The van der Waals surface area contributed by atoms with Crippen LogP contribution in [-0.4, -0.2) is 63.7 Å². The summed E-state index contributed by atoms with van der Waals surface area (Å²) in [7, 11) is -8.81. The molecule has 4 rings (SSSR count). The Bertz CT molecular complexity index is 1630. The van der Waals surface area contributed by atoms with Gasteiger partial charge in [-0.1, -0.05) is 89.8 Å². The van der Waals surface area contributed by atoms with E-state index in [0.29, 0.717) is 0 Å². The van der Waals surface area contributed by atoms with Gasteiger partial charge < -0.3 is 9.11 Å². The fraction of sp³-hybridized carbons (Fsp3) is 0.444. The molecule has 0 radical (unpaired) electrons. The van der Waals surface area contributed by atoms with Crippen LogP contribution in [0.25, 0.3) is 21.5 Å². The Hall–Kier alpha value is -1.52.